The number of benzene rings is 2. The summed E-state index contributed by atoms with van der Waals surface area (Å²) in [6.45, 7) is 1.72. The van der Waals surface area contributed by atoms with Crippen molar-refractivity contribution >= 4 is 5.91 Å². The van der Waals surface area contributed by atoms with E-state index >= 15 is 0 Å². The number of nitrogens with one attached hydrogen (secondary N) is 1. The van der Waals surface area contributed by atoms with E-state index in [1.165, 1.54) is 42.0 Å². The van der Waals surface area contributed by atoms with Gasteiger partial charge >= 0.3 is 0 Å². The van der Waals surface area contributed by atoms with E-state index in [1.807, 2.05) is 6.07 Å². The summed E-state index contributed by atoms with van der Waals surface area (Å²) < 4.78 is 25.0. The molecular formula is C22H22FN3O4. The lowest BCUT2D eigenvalue weighted by Gasteiger charge is -2.14. The smallest absolute Gasteiger partial charge is 0.254 e. The van der Waals surface area contributed by atoms with E-state index in [0.29, 0.717) is 28.6 Å². The summed E-state index contributed by atoms with van der Waals surface area (Å²) in [7, 11) is 3.08. The van der Waals surface area contributed by atoms with Crippen LogP contribution in [-0.4, -0.2) is 29.7 Å². The Morgan fingerprint density at radius 2 is 1.77 bits per heavy atom. The van der Waals surface area contributed by atoms with Gasteiger partial charge in [0.2, 0.25) is 5.91 Å². The minimum Gasteiger partial charge on any atom is -0.493 e. The molecule has 0 bridgehead atoms. The molecule has 0 saturated heterocycles. The molecule has 1 heterocycles. The normalized spacial score (nSPS) is 10.5. The number of carbonyl (C=O) groups excluding carboxylic acids is 1. The quantitative estimate of drug-likeness (QED) is 0.646. The first-order valence-corrected chi connectivity index (χ1v) is 9.23. The second-order valence-corrected chi connectivity index (χ2v) is 6.62. The van der Waals surface area contributed by atoms with Gasteiger partial charge in [0.15, 0.2) is 11.5 Å². The van der Waals surface area contributed by atoms with Crippen molar-refractivity contribution < 1.29 is 18.7 Å². The molecule has 7 nitrogen and oxygen atoms in total. The fourth-order valence-electron chi connectivity index (χ4n) is 2.98. The number of rotatable bonds is 7. The number of nitrogens with zero attached hydrogens (tertiary/aromatic N) is 2. The van der Waals surface area contributed by atoms with Crippen LogP contribution in [0.5, 0.6) is 11.5 Å². The van der Waals surface area contributed by atoms with E-state index in [-0.39, 0.29) is 24.6 Å². The summed E-state index contributed by atoms with van der Waals surface area (Å²) in [4.78, 5) is 29.4. The SMILES string of the molecule is COc1ccc(CNC(=O)Cn2c(-c3ccc(F)cc3)nc(C)cc2=O)cc1OC. The first-order valence-electron chi connectivity index (χ1n) is 9.23. The summed E-state index contributed by atoms with van der Waals surface area (Å²) in [6, 6.07) is 12.3. The van der Waals surface area contributed by atoms with Gasteiger partial charge in [-0.15, -0.1) is 0 Å². The van der Waals surface area contributed by atoms with Gasteiger partial charge in [0.1, 0.15) is 18.2 Å². The van der Waals surface area contributed by atoms with Gasteiger partial charge in [-0.1, -0.05) is 6.07 Å². The van der Waals surface area contributed by atoms with E-state index < -0.39 is 5.82 Å². The molecule has 0 aliphatic rings. The van der Waals surface area contributed by atoms with Crippen LogP contribution in [0, 0.1) is 12.7 Å². The Balaban J connectivity index is 1.78. The Kier molecular flexibility index (Phi) is 6.46. The maximum atomic E-state index is 13.3. The average Bonchev–Trinajstić information content (AvgIpc) is 2.74. The Morgan fingerprint density at radius 1 is 1.07 bits per heavy atom. The van der Waals surface area contributed by atoms with E-state index in [2.05, 4.69) is 10.3 Å². The van der Waals surface area contributed by atoms with Crippen molar-refractivity contribution in [3.8, 4) is 22.9 Å². The van der Waals surface area contributed by atoms with Crippen LogP contribution in [0.2, 0.25) is 0 Å². The molecule has 0 atom stereocenters. The summed E-state index contributed by atoms with van der Waals surface area (Å²) >= 11 is 0. The third kappa shape index (κ3) is 4.83. The molecule has 0 aliphatic heterocycles. The van der Waals surface area contributed by atoms with E-state index in [0.717, 1.165) is 5.56 Å². The summed E-state index contributed by atoms with van der Waals surface area (Å²) in [6.07, 6.45) is 0. The topological polar surface area (TPSA) is 82.5 Å². The maximum Gasteiger partial charge on any atom is 0.254 e. The zero-order valence-corrected chi connectivity index (χ0v) is 16.9. The number of aryl methyl sites for hydroxylation is 1. The number of hydrogen-bond acceptors (Lipinski definition) is 5. The van der Waals surface area contributed by atoms with Crippen molar-refractivity contribution in [1.29, 1.82) is 0 Å². The molecular weight excluding hydrogens is 389 g/mol. The van der Waals surface area contributed by atoms with Gasteiger partial charge in [0, 0.05) is 23.9 Å². The van der Waals surface area contributed by atoms with Gasteiger partial charge < -0.3 is 14.8 Å². The zero-order chi connectivity index (χ0) is 21.7. The molecule has 0 aliphatic carbocycles. The number of aromatic nitrogens is 2. The van der Waals surface area contributed by atoms with Gasteiger partial charge in [-0.05, 0) is 48.9 Å². The zero-order valence-electron chi connectivity index (χ0n) is 16.9. The van der Waals surface area contributed by atoms with E-state index in [1.54, 1.807) is 26.2 Å². The van der Waals surface area contributed by atoms with Crippen LogP contribution < -0.4 is 20.3 Å². The predicted octanol–water partition coefficient (Wildman–Crippen LogP) is 2.69. The van der Waals surface area contributed by atoms with Crippen LogP contribution in [0.4, 0.5) is 4.39 Å². The molecule has 0 fully saturated rings. The third-order valence-electron chi connectivity index (χ3n) is 4.48. The maximum absolute atomic E-state index is 13.3. The highest BCUT2D eigenvalue weighted by molar-refractivity contribution is 5.76. The molecule has 1 aromatic heterocycles. The average molecular weight is 411 g/mol. The van der Waals surface area contributed by atoms with Crippen molar-refractivity contribution in [1.82, 2.24) is 14.9 Å². The fourth-order valence-corrected chi connectivity index (χ4v) is 2.98. The van der Waals surface area contributed by atoms with Crippen LogP contribution in [0.25, 0.3) is 11.4 Å². The van der Waals surface area contributed by atoms with Crippen LogP contribution >= 0.6 is 0 Å². The Hall–Kier alpha value is -3.68. The lowest BCUT2D eigenvalue weighted by molar-refractivity contribution is -0.121. The molecule has 2 aromatic carbocycles. The van der Waals surface area contributed by atoms with Crippen LogP contribution in [-0.2, 0) is 17.9 Å². The van der Waals surface area contributed by atoms with Gasteiger partial charge in [-0.25, -0.2) is 9.37 Å². The Morgan fingerprint density at radius 3 is 2.43 bits per heavy atom. The van der Waals surface area contributed by atoms with Crippen LogP contribution in [0.1, 0.15) is 11.3 Å². The molecule has 1 N–H and O–H groups in total. The summed E-state index contributed by atoms with van der Waals surface area (Å²) in [5, 5.41) is 2.78. The van der Waals surface area contributed by atoms with Gasteiger partial charge in [-0.3, -0.25) is 14.2 Å². The molecule has 3 aromatic rings. The second-order valence-electron chi connectivity index (χ2n) is 6.62. The summed E-state index contributed by atoms with van der Waals surface area (Å²) in [5.41, 5.74) is 1.52. The fraction of sp³-hybridized carbons (Fsp3) is 0.227. The third-order valence-corrected chi connectivity index (χ3v) is 4.48. The molecule has 30 heavy (non-hydrogen) atoms. The van der Waals surface area contributed by atoms with Crippen molar-refractivity contribution in [2.75, 3.05) is 14.2 Å². The minimum atomic E-state index is -0.395. The number of hydrogen-bond donors (Lipinski definition) is 1. The molecule has 1 amide bonds. The summed E-state index contributed by atoms with van der Waals surface area (Å²) in [5.74, 6) is 0.700. The second kappa shape index (κ2) is 9.21. The molecule has 0 spiro atoms. The number of amides is 1. The number of ether oxygens (including phenoxy) is 2. The van der Waals surface area contributed by atoms with Crippen molar-refractivity contribution in [2.45, 2.75) is 20.0 Å². The van der Waals surface area contributed by atoms with Crippen molar-refractivity contribution in [2.24, 2.45) is 0 Å². The molecule has 0 radical (unpaired) electrons. The lowest BCUT2D eigenvalue weighted by Crippen LogP contribution is -2.33. The molecule has 3 rings (SSSR count). The van der Waals surface area contributed by atoms with Crippen molar-refractivity contribution in [3.05, 3.63) is 76.0 Å². The standard InChI is InChI=1S/C22H22FN3O4/c1-14-10-21(28)26(22(25-14)16-5-7-17(23)8-6-16)13-20(27)24-12-15-4-9-18(29-2)19(11-15)30-3/h4-11H,12-13H2,1-3H3,(H,24,27). The highest BCUT2D eigenvalue weighted by Gasteiger charge is 2.14. The molecule has 156 valence electrons. The predicted molar refractivity (Wildman–Crippen MR) is 110 cm³/mol. The van der Waals surface area contributed by atoms with Gasteiger partial charge in [0.05, 0.1) is 14.2 Å². The molecule has 0 unspecified atom stereocenters. The van der Waals surface area contributed by atoms with E-state index in [9.17, 15) is 14.0 Å². The van der Waals surface area contributed by atoms with Crippen LogP contribution in [0.3, 0.4) is 0 Å². The van der Waals surface area contributed by atoms with Crippen molar-refractivity contribution in [3.63, 3.8) is 0 Å². The first kappa shape index (κ1) is 21.0. The highest BCUT2D eigenvalue weighted by atomic mass is 19.1. The Labute approximate surface area is 173 Å². The first-order chi connectivity index (χ1) is 14.4. The molecule has 8 heteroatoms. The number of methoxy groups -OCH3 is 2. The van der Waals surface area contributed by atoms with E-state index in [4.69, 9.17) is 9.47 Å². The van der Waals surface area contributed by atoms with Gasteiger partial charge in [-0.2, -0.15) is 0 Å². The molecule has 0 saturated carbocycles. The largest absolute Gasteiger partial charge is 0.493 e. The number of halogens is 1. The lowest BCUT2D eigenvalue weighted by atomic mass is 10.2. The minimum absolute atomic E-state index is 0.216. The monoisotopic (exact) mass is 411 g/mol. The Bertz CT molecular complexity index is 1110. The van der Waals surface area contributed by atoms with Gasteiger partial charge in [0.25, 0.3) is 5.56 Å². The highest BCUT2D eigenvalue weighted by Crippen LogP contribution is 2.27. The van der Waals surface area contributed by atoms with Crippen LogP contribution in [0.15, 0.2) is 53.3 Å². The number of carbonyl (C=O) groups is 1.